The molecule has 0 saturated carbocycles. The van der Waals surface area contributed by atoms with Gasteiger partial charge in [-0.3, -0.25) is 14.7 Å². The Morgan fingerprint density at radius 2 is 2.16 bits per heavy atom. The van der Waals surface area contributed by atoms with Crippen molar-refractivity contribution in [3.05, 3.63) is 30.1 Å². The van der Waals surface area contributed by atoms with E-state index < -0.39 is 0 Å². The second-order valence-electron chi connectivity index (χ2n) is 7.49. The van der Waals surface area contributed by atoms with Gasteiger partial charge in [0, 0.05) is 44.2 Å². The molecule has 25 heavy (non-hydrogen) atoms. The van der Waals surface area contributed by atoms with E-state index in [1.807, 2.05) is 4.90 Å². The Morgan fingerprint density at radius 3 is 2.76 bits per heavy atom. The number of piperidine rings is 1. The van der Waals surface area contributed by atoms with Crippen LogP contribution in [0.3, 0.4) is 0 Å². The van der Waals surface area contributed by atoms with Crippen LogP contribution in [-0.4, -0.2) is 58.0 Å². The zero-order chi connectivity index (χ0) is 18.0. The Balaban J connectivity index is 1.54. The number of likely N-dealkylation sites (tertiary alicyclic amines) is 2. The molecule has 1 aromatic heterocycles. The van der Waals surface area contributed by atoms with Crippen LogP contribution in [0.25, 0.3) is 0 Å². The van der Waals surface area contributed by atoms with Crippen molar-refractivity contribution in [2.24, 2.45) is 5.92 Å². The van der Waals surface area contributed by atoms with E-state index in [2.05, 4.69) is 36.7 Å². The van der Waals surface area contributed by atoms with Gasteiger partial charge in [0.05, 0.1) is 11.6 Å². The van der Waals surface area contributed by atoms with E-state index >= 15 is 0 Å². The van der Waals surface area contributed by atoms with E-state index in [-0.39, 0.29) is 17.7 Å². The van der Waals surface area contributed by atoms with Gasteiger partial charge in [-0.05, 0) is 24.8 Å². The lowest BCUT2D eigenvalue weighted by molar-refractivity contribution is -0.136. The summed E-state index contributed by atoms with van der Waals surface area (Å²) in [6.45, 7) is 10.5. The second-order valence-corrected chi connectivity index (χ2v) is 7.49. The molecule has 0 bridgehead atoms. The number of H-pyrrole nitrogens is 1. The number of carbonyl (C=O) groups excluding carboxylic acids is 2. The summed E-state index contributed by atoms with van der Waals surface area (Å²) in [7, 11) is 0. The molecule has 2 amide bonds. The van der Waals surface area contributed by atoms with Crippen LogP contribution in [0.2, 0.25) is 0 Å². The lowest BCUT2D eigenvalue weighted by Crippen LogP contribution is -2.42. The Labute approximate surface area is 149 Å². The van der Waals surface area contributed by atoms with Crippen molar-refractivity contribution >= 4 is 11.8 Å². The quantitative estimate of drug-likeness (QED) is 0.833. The van der Waals surface area contributed by atoms with Gasteiger partial charge in [-0.25, -0.2) is 0 Å². The van der Waals surface area contributed by atoms with Crippen molar-refractivity contribution < 1.29 is 9.59 Å². The van der Waals surface area contributed by atoms with Crippen LogP contribution in [0.5, 0.6) is 0 Å². The van der Waals surface area contributed by atoms with Crippen molar-refractivity contribution in [3.63, 3.8) is 0 Å². The molecule has 3 rings (SSSR count). The molecule has 2 aliphatic heterocycles. The molecule has 2 fully saturated rings. The number of rotatable bonds is 5. The average Bonchev–Trinajstić information content (AvgIpc) is 3.23. The first-order chi connectivity index (χ1) is 12.0. The molecule has 2 saturated heterocycles. The third-order valence-corrected chi connectivity index (χ3v) is 5.37. The molecule has 6 heteroatoms. The van der Waals surface area contributed by atoms with Gasteiger partial charge in [0.25, 0.3) is 0 Å². The summed E-state index contributed by atoms with van der Waals surface area (Å²) in [6, 6.07) is 2.16. The van der Waals surface area contributed by atoms with Crippen molar-refractivity contribution in [1.29, 1.82) is 0 Å². The van der Waals surface area contributed by atoms with E-state index in [4.69, 9.17) is 0 Å². The molecule has 1 atom stereocenters. The summed E-state index contributed by atoms with van der Waals surface area (Å²) in [5.41, 5.74) is 2.28. The van der Waals surface area contributed by atoms with Crippen LogP contribution in [0.1, 0.15) is 56.3 Å². The number of aromatic amines is 1. The number of amides is 2. The molecule has 0 unspecified atom stereocenters. The lowest BCUT2D eigenvalue weighted by Gasteiger charge is -2.33. The zero-order valence-electron chi connectivity index (χ0n) is 15.2. The highest BCUT2D eigenvalue weighted by Gasteiger charge is 2.37. The first-order valence-electron chi connectivity index (χ1n) is 9.22. The van der Waals surface area contributed by atoms with Gasteiger partial charge in [-0.15, -0.1) is 6.58 Å². The normalized spacial score (nSPS) is 22.0. The summed E-state index contributed by atoms with van der Waals surface area (Å²) in [5.74, 6) is 0.859. The van der Waals surface area contributed by atoms with Gasteiger partial charge in [0.1, 0.15) is 0 Å². The number of carbonyl (C=O) groups is 2. The molecule has 3 heterocycles. The summed E-state index contributed by atoms with van der Waals surface area (Å²) in [6.07, 6.45) is 3.95. The van der Waals surface area contributed by atoms with Gasteiger partial charge in [0.2, 0.25) is 11.8 Å². The first kappa shape index (κ1) is 17.7. The first-order valence-corrected chi connectivity index (χ1v) is 9.22. The van der Waals surface area contributed by atoms with Crippen LogP contribution in [0.15, 0.2) is 18.7 Å². The summed E-state index contributed by atoms with van der Waals surface area (Å²) in [5, 5.41) is 7.55. The minimum atomic E-state index is -0.191. The van der Waals surface area contributed by atoms with Crippen LogP contribution in [0.4, 0.5) is 0 Å². The molecule has 2 aliphatic rings. The number of nitrogens with one attached hydrogen (secondary N) is 1. The Hall–Kier alpha value is -2.11. The fraction of sp³-hybridized carbons (Fsp3) is 0.632. The lowest BCUT2D eigenvalue weighted by atomic mass is 9.92. The molecule has 1 N–H and O–H groups in total. The van der Waals surface area contributed by atoms with Gasteiger partial charge < -0.3 is 9.80 Å². The minimum absolute atomic E-state index is 0.0619. The van der Waals surface area contributed by atoms with Crippen molar-refractivity contribution in [1.82, 2.24) is 20.0 Å². The van der Waals surface area contributed by atoms with Crippen LogP contribution in [0, 0.1) is 5.92 Å². The van der Waals surface area contributed by atoms with Crippen LogP contribution < -0.4 is 0 Å². The Morgan fingerprint density at radius 1 is 1.44 bits per heavy atom. The minimum Gasteiger partial charge on any atom is -0.342 e. The summed E-state index contributed by atoms with van der Waals surface area (Å²) >= 11 is 0. The molecule has 0 aromatic carbocycles. The number of nitrogens with zero attached hydrogens (tertiary/aromatic N) is 3. The number of hydrogen-bond acceptors (Lipinski definition) is 3. The van der Waals surface area contributed by atoms with Crippen molar-refractivity contribution in [2.45, 2.75) is 44.9 Å². The molecule has 0 radical (unpaired) electrons. The third kappa shape index (κ3) is 3.78. The Bertz CT molecular complexity index is 644. The SMILES string of the molecule is C=CCN1C[C@@H](C(=O)N2CCC(c3cc(C(C)C)n[nH]3)CC2)CC1=O. The average molecular weight is 344 g/mol. The van der Waals surface area contributed by atoms with E-state index in [1.54, 1.807) is 11.0 Å². The van der Waals surface area contributed by atoms with E-state index in [0.717, 1.165) is 31.6 Å². The van der Waals surface area contributed by atoms with Crippen molar-refractivity contribution in [2.75, 3.05) is 26.2 Å². The molecule has 0 aliphatic carbocycles. The topological polar surface area (TPSA) is 69.3 Å². The molecular formula is C19H28N4O2. The monoisotopic (exact) mass is 344 g/mol. The maximum atomic E-state index is 12.7. The molecule has 6 nitrogen and oxygen atoms in total. The van der Waals surface area contributed by atoms with E-state index in [1.165, 1.54) is 5.69 Å². The summed E-state index contributed by atoms with van der Waals surface area (Å²) < 4.78 is 0. The fourth-order valence-corrected chi connectivity index (χ4v) is 3.80. The Kier molecular flexibility index (Phi) is 5.25. The smallest absolute Gasteiger partial charge is 0.227 e. The van der Waals surface area contributed by atoms with Crippen LogP contribution >= 0.6 is 0 Å². The van der Waals surface area contributed by atoms with E-state index in [9.17, 15) is 9.59 Å². The van der Waals surface area contributed by atoms with Crippen molar-refractivity contribution in [3.8, 4) is 0 Å². The highest BCUT2D eigenvalue weighted by molar-refractivity contribution is 5.89. The highest BCUT2D eigenvalue weighted by Crippen LogP contribution is 2.30. The van der Waals surface area contributed by atoms with Crippen LogP contribution in [-0.2, 0) is 9.59 Å². The van der Waals surface area contributed by atoms with Gasteiger partial charge in [-0.2, -0.15) is 5.10 Å². The maximum Gasteiger partial charge on any atom is 0.227 e. The maximum absolute atomic E-state index is 12.7. The molecular weight excluding hydrogens is 316 g/mol. The van der Waals surface area contributed by atoms with Gasteiger partial charge in [0.15, 0.2) is 0 Å². The second kappa shape index (κ2) is 7.42. The predicted octanol–water partition coefficient (Wildman–Crippen LogP) is 2.27. The zero-order valence-corrected chi connectivity index (χ0v) is 15.2. The third-order valence-electron chi connectivity index (χ3n) is 5.37. The predicted molar refractivity (Wildman–Crippen MR) is 96.1 cm³/mol. The fourth-order valence-electron chi connectivity index (χ4n) is 3.80. The molecule has 0 spiro atoms. The largest absolute Gasteiger partial charge is 0.342 e. The standard InChI is InChI=1S/C19H28N4O2/c1-4-7-23-12-15(10-18(23)24)19(25)22-8-5-14(6-9-22)17-11-16(13(2)3)20-21-17/h4,11,13-15H,1,5-10,12H2,2-3H3,(H,20,21)/t15-/m0/s1. The van der Waals surface area contributed by atoms with Gasteiger partial charge in [-0.1, -0.05) is 19.9 Å². The highest BCUT2D eigenvalue weighted by atomic mass is 16.2. The molecule has 136 valence electrons. The summed E-state index contributed by atoms with van der Waals surface area (Å²) in [4.78, 5) is 28.3. The number of hydrogen-bond donors (Lipinski definition) is 1. The van der Waals surface area contributed by atoms with E-state index in [0.29, 0.717) is 31.3 Å². The number of aromatic nitrogens is 2. The van der Waals surface area contributed by atoms with Gasteiger partial charge >= 0.3 is 0 Å². The molecule has 1 aromatic rings.